The van der Waals surface area contributed by atoms with Crippen molar-refractivity contribution in [3.63, 3.8) is 0 Å². The molecule has 0 unspecified atom stereocenters. The van der Waals surface area contributed by atoms with Crippen LogP contribution >= 0.6 is 11.3 Å². The van der Waals surface area contributed by atoms with E-state index in [4.69, 9.17) is 10.5 Å². The Morgan fingerprint density at radius 2 is 1.94 bits per heavy atom. The van der Waals surface area contributed by atoms with Crippen LogP contribution in [0.2, 0.25) is 0 Å². The molecule has 2 N–H and O–H groups in total. The lowest BCUT2D eigenvalue weighted by Crippen LogP contribution is -2.05. The summed E-state index contributed by atoms with van der Waals surface area (Å²) in [5.74, 6) is 0.890. The summed E-state index contributed by atoms with van der Waals surface area (Å²) in [5.41, 5.74) is 7.74. The summed E-state index contributed by atoms with van der Waals surface area (Å²) in [6.45, 7) is 6.59. The van der Waals surface area contributed by atoms with Crippen molar-refractivity contribution in [1.29, 1.82) is 0 Å². The average Bonchev–Trinajstić information content (AvgIpc) is 2.71. The van der Waals surface area contributed by atoms with Crippen molar-refractivity contribution in [2.45, 2.75) is 33.4 Å². The van der Waals surface area contributed by atoms with E-state index in [1.54, 1.807) is 11.3 Å². The van der Waals surface area contributed by atoms with E-state index in [1.807, 2.05) is 38.1 Å². The molecule has 3 nitrogen and oxygen atoms in total. The Kier molecular flexibility index (Phi) is 3.99. The first kappa shape index (κ1) is 13.1. The number of aromatic nitrogens is 1. The molecule has 0 atom stereocenters. The minimum absolute atomic E-state index is 0.196. The quantitative estimate of drug-likeness (QED) is 0.919. The molecule has 1 heterocycles. The summed E-state index contributed by atoms with van der Waals surface area (Å²) in [4.78, 5) is 5.73. The highest BCUT2D eigenvalue weighted by molar-refractivity contribution is 7.15. The molecule has 96 valence electrons. The van der Waals surface area contributed by atoms with Crippen LogP contribution in [0.4, 0.5) is 0 Å². The second kappa shape index (κ2) is 5.50. The van der Waals surface area contributed by atoms with Gasteiger partial charge in [0.2, 0.25) is 0 Å². The Hall–Kier alpha value is -1.39. The number of benzene rings is 1. The van der Waals surface area contributed by atoms with E-state index in [1.165, 1.54) is 4.88 Å². The summed E-state index contributed by atoms with van der Waals surface area (Å²) in [6, 6.07) is 8.04. The third kappa shape index (κ3) is 2.89. The van der Waals surface area contributed by atoms with Crippen LogP contribution in [0.1, 0.15) is 24.4 Å². The summed E-state index contributed by atoms with van der Waals surface area (Å²) in [6.07, 6.45) is 0.196. The van der Waals surface area contributed by atoms with Gasteiger partial charge in [0.1, 0.15) is 10.8 Å². The second-order valence-corrected chi connectivity index (χ2v) is 5.62. The summed E-state index contributed by atoms with van der Waals surface area (Å²) < 4.78 is 5.62. The molecule has 1 aromatic carbocycles. The van der Waals surface area contributed by atoms with Crippen LogP contribution in [0.3, 0.4) is 0 Å². The number of rotatable bonds is 4. The molecule has 0 aliphatic carbocycles. The van der Waals surface area contributed by atoms with Gasteiger partial charge in [-0.25, -0.2) is 4.98 Å². The molecule has 0 bridgehead atoms. The van der Waals surface area contributed by atoms with E-state index in [0.717, 1.165) is 22.0 Å². The van der Waals surface area contributed by atoms with Crippen molar-refractivity contribution in [2.24, 2.45) is 5.73 Å². The van der Waals surface area contributed by atoms with Gasteiger partial charge < -0.3 is 10.5 Å². The van der Waals surface area contributed by atoms with E-state index in [2.05, 4.69) is 11.9 Å². The highest BCUT2D eigenvalue weighted by Crippen LogP contribution is 2.28. The molecule has 0 saturated carbocycles. The predicted octanol–water partition coefficient (Wildman–Crippen LogP) is 3.36. The molecule has 0 aliphatic heterocycles. The van der Waals surface area contributed by atoms with Gasteiger partial charge in [0.05, 0.1) is 11.8 Å². The largest absolute Gasteiger partial charge is 0.491 e. The molecule has 0 saturated heterocycles. The fourth-order valence-electron chi connectivity index (χ4n) is 1.69. The van der Waals surface area contributed by atoms with Crippen molar-refractivity contribution in [3.05, 3.63) is 34.8 Å². The minimum Gasteiger partial charge on any atom is -0.491 e. The lowest BCUT2D eigenvalue weighted by atomic mass is 10.2. The van der Waals surface area contributed by atoms with Crippen molar-refractivity contribution < 1.29 is 4.74 Å². The molecule has 0 aliphatic rings. The SMILES string of the molecule is Cc1sc(-c2ccc(OC(C)C)cc2)nc1CN. The van der Waals surface area contributed by atoms with E-state index < -0.39 is 0 Å². The normalized spacial score (nSPS) is 10.9. The van der Waals surface area contributed by atoms with Gasteiger partial charge in [0.15, 0.2) is 0 Å². The zero-order valence-electron chi connectivity index (χ0n) is 10.9. The number of thiazole rings is 1. The van der Waals surface area contributed by atoms with E-state index >= 15 is 0 Å². The molecule has 0 radical (unpaired) electrons. The van der Waals surface area contributed by atoms with Gasteiger partial charge in [0.25, 0.3) is 0 Å². The molecule has 2 aromatic rings. The van der Waals surface area contributed by atoms with Crippen LogP contribution in [-0.2, 0) is 6.54 Å². The van der Waals surface area contributed by atoms with Crippen molar-refractivity contribution in [2.75, 3.05) is 0 Å². The summed E-state index contributed by atoms with van der Waals surface area (Å²) in [7, 11) is 0. The number of ether oxygens (including phenoxy) is 1. The Labute approximate surface area is 112 Å². The molecule has 0 amide bonds. The highest BCUT2D eigenvalue weighted by Gasteiger charge is 2.08. The van der Waals surface area contributed by atoms with Gasteiger partial charge in [-0.1, -0.05) is 0 Å². The smallest absolute Gasteiger partial charge is 0.123 e. The van der Waals surface area contributed by atoms with Gasteiger partial charge in [-0.05, 0) is 45.0 Å². The summed E-state index contributed by atoms with van der Waals surface area (Å²) >= 11 is 1.68. The van der Waals surface area contributed by atoms with Gasteiger partial charge >= 0.3 is 0 Å². The Balaban J connectivity index is 2.22. The maximum absolute atomic E-state index is 5.65. The van der Waals surface area contributed by atoms with Crippen molar-refractivity contribution in [3.8, 4) is 16.3 Å². The number of hydrogen-bond acceptors (Lipinski definition) is 4. The lowest BCUT2D eigenvalue weighted by molar-refractivity contribution is 0.242. The van der Waals surface area contributed by atoms with Crippen LogP contribution in [0.15, 0.2) is 24.3 Å². The van der Waals surface area contributed by atoms with E-state index in [9.17, 15) is 0 Å². The fraction of sp³-hybridized carbons (Fsp3) is 0.357. The van der Waals surface area contributed by atoms with Gasteiger partial charge in [-0.15, -0.1) is 11.3 Å². The van der Waals surface area contributed by atoms with Gasteiger partial charge in [-0.3, -0.25) is 0 Å². The highest BCUT2D eigenvalue weighted by atomic mass is 32.1. The lowest BCUT2D eigenvalue weighted by Gasteiger charge is -2.09. The zero-order valence-corrected chi connectivity index (χ0v) is 11.8. The standard InChI is InChI=1S/C14H18N2OS/c1-9(2)17-12-6-4-11(5-7-12)14-16-13(8-15)10(3)18-14/h4-7,9H,8,15H2,1-3H3. The number of hydrogen-bond donors (Lipinski definition) is 1. The third-order valence-electron chi connectivity index (χ3n) is 2.56. The number of nitrogens with two attached hydrogens (primary N) is 1. The Morgan fingerprint density at radius 3 is 2.44 bits per heavy atom. The number of nitrogens with zero attached hydrogens (tertiary/aromatic N) is 1. The van der Waals surface area contributed by atoms with Crippen molar-refractivity contribution >= 4 is 11.3 Å². The first-order valence-electron chi connectivity index (χ1n) is 6.03. The molecular formula is C14H18N2OS. The van der Waals surface area contributed by atoms with Crippen LogP contribution in [0, 0.1) is 6.92 Å². The molecule has 1 aromatic heterocycles. The summed E-state index contributed by atoms with van der Waals surface area (Å²) in [5, 5.41) is 1.02. The molecule has 2 rings (SSSR count). The first-order valence-corrected chi connectivity index (χ1v) is 6.85. The van der Waals surface area contributed by atoms with Gasteiger partial charge in [0, 0.05) is 17.0 Å². The topological polar surface area (TPSA) is 48.1 Å². The van der Waals surface area contributed by atoms with Crippen LogP contribution < -0.4 is 10.5 Å². The predicted molar refractivity (Wildman–Crippen MR) is 75.9 cm³/mol. The molecule has 0 spiro atoms. The Morgan fingerprint density at radius 1 is 1.28 bits per heavy atom. The maximum atomic E-state index is 5.65. The molecular weight excluding hydrogens is 244 g/mol. The van der Waals surface area contributed by atoms with Crippen LogP contribution in [0.5, 0.6) is 5.75 Å². The van der Waals surface area contributed by atoms with Gasteiger partial charge in [-0.2, -0.15) is 0 Å². The van der Waals surface area contributed by atoms with Crippen molar-refractivity contribution in [1.82, 2.24) is 4.98 Å². The molecule has 4 heteroatoms. The monoisotopic (exact) mass is 262 g/mol. The zero-order chi connectivity index (χ0) is 13.1. The van der Waals surface area contributed by atoms with E-state index in [0.29, 0.717) is 6.54 Å². The van der Waals surface area contributed by atoms with Crippen LogP contribution in [-0.4, -0.2) is 11.1 Å². The average molecular weight is 262 g/mol. The number of aryl methyl sites for hydroxylation is 1. The second-order valence-electron chi connectivity index (χ2n) is 4.42. The first-order chi connectivity index (χ1) is 8.60. The molecule has 18 heavy (non-hydrogen) atoms. The minimum atomic E-state index is 0.196. The Bertz CT molecular complexity index is 517. The maximum Gasteiger partial charge on any atom is 0.123 e. The third-order valence-corrected chi connectivity index (χ3v) is 3.62. The fourth-order valence-corrected chi connectivity index (χ4v) is 2.64. The molecule has 0 fully saturated rings. The van der Waals surface area contributed by atoms with E-state index in [-0.39, 0.29) is 6.10 Å². The van der Waals surface area contributed by atoms with Crippen LogP contribution in [0.25, 0.3) is 10.6 Å².